The van der Waals surface area contributed by atoms with Crippen molar-refractivity contribution in [3.8, 4) is 0 Å². The van der Waals surface area contributed by atoms with Gasteiger partial charge in [0.25, 0.3) is 0 Å². The highest BCUT2D eigenvalue weighted by Crippen LogP contribution is 2.16. The summed E-state index contributed by atoms with van der Waals surface area (Å²) in [6.45, 7) is 4.22. The fourth-order valence-electron chi connectivity index (χ4n) is 2.79. The fourth-order valence-corrected chi connectivity index (χ4v) is 2.79. The molecule has 5 heteroatoms. The number of hydrogen-bond donors (Lipinski definition) is 2. The Balaban J connectivity index is 1.99. The molecule has 3 nitrogen and oxygen atoms in total. The molecule has 2 atom stereocenters. The van der Waals surface area contributed by atoms with Gasteiger partial charge in [0.15, 0.2) is 5.96 Å². The molecule has 0 aliphatic carbocycles. The molecule has 2 rings (SSSR count). The molecule has 1 aromatic carbocycles. The van der Waals surface area contributed by atoms with Crippen molar-refractivity contribution < 1.29 is 8.78 Å². The first-order chi connectivity index (χ1) is 11.6. The summed E-state index contributed by atoms with van der Waals surface area (Å²) in [6, 6.07) is 6.85. The number of halogens is 2. The highest BCUT2D eigenvalue weighted by atomic mass is 19.1. The van der Waals surface area contributed by atoms with Crippen LogP contribution in [0.25, 0.3) is 0 Å². The van der Waals surface area contributed by atoms with Crippen LogP contribution in [0.15, 0.2) is 53.1 Å². The number of guanidine groups is 1. The number of benzene rings is 1. The molecule has 24 heavy (non-hydrogen) atoms. The van der Waals surface area contributed by atoms with Crippen molar-refractivity contribution in [2.45, 2.75) is 45.3 Å². The third-order valence-electron chi connectivity index (χ3n) is 4.04. The summed E-state index contributed by atoms with van der Waals surface area (Å²) >= 11 is 0. The average Bonchev–Trinajstić information content (AvgIpc) is 2.94. The summed E-state index contributed by atoms with van der Waals surface area (Å²) in [5.41, 5.74) is 2.11. The van der Waals surface area contributed by atoms with Gasteiger partial charge < -0.3 is 10.6 Å². The van der Waals surface area contributed by atoms with Crippen LogP contribution in [0.3, 0.4) is 0 Å². The molecule has 1 aliphatic heterocycles. The third-order valence-corrected chi connectivity index (χ3v) is 4.04. The first-order valence-corrected chi connectivity index (χ1v) is 8.36. The van der Waals surface area contributed by atoms with Crippen LogP contribution in [0.4, 0.5) is 8.78 Å². The van der Waals surface area contributed by atoms with E-state index in [1.165, 1.54) is 23.8 Å². The Bertz CT molecular complexity index is 623. The molecule has 0 amide bonds. The maximum Gasteiger partial charge on any atom is 0.192 e. The number of nitrogens with one attached hydrogen (secondary N) is 2. The second-order valence-electron chi connectivity index (χ2n) is 5.84. The molecule has 0 bridgehead atoms. The second kappa shape index (κ2) is 9.21. The van der Waals surface area contributed by atoms with Crippen LogP contribution < -0.4 is 10.6 Å². The van der Waals surface area contributed by atoms with Gasteiger partial charge in [0.2, 0.25) is 0 Å². The molecule has 0 saturated carbocycles. The van der Waals surface area contributed by atoms with Gasteiger partial charge in [-0.15, -0.1) is 0 Å². The van der Waals surface area contributed by atoms with Crippen molar-refractivity contribution in [1.29, 1.82) is 0 Å². The van der Waals surface area contributed by atoms with E-state index in [1.54, 1.807) is 6.07 Å². The molecule has 0 aromatic heterocycles. The summed E-state index contributed by atoms with van der Waals surface area (Å²) in [6.07, 6.45) is 7.15. The number of alkyl halides is 1. The van der Waals surface area contributed by atoms with E-state index in [2.05, 4.69) is 35.5 Å². The van der Waals surface area contributed by atoms with Crippen LogP contribution >= 0.6 is 0 Å². The smallest absolute Gasteiger partial charge is 0.192 e. The number of nitrogens with zero attached hydrogens (tertiary/aromatic N) is 1. The molecule has 1 saturated heterocycles. The van der Waals surface area contributed by atoms with Gasteiger partial charge in [-0.1, -0.05) is 37.3 Å². The molecular weight excluding hydrogens is 308 g/mol. The number of rotatable bonds is 7. The minimum atomic E-state index is -0.425. The Morgan fingerprint density at radius 3 is 2.83 bits per heavy atom. The van der Waals surface area contributed by atoms with Crippen LogP contribution in [0.1, 0.15) is 32.3 Å². The van der Waals surface area contributed by atoms with E-state index in [9.17, 15) is 8.78 Å². The molecule has 1 fully saturated rings. The quantitative estimate of drug-likeness (QED) is 0.743. The Labute approximate surface area is 142 Å². The van der Waals surface area contributed by atoms with E-state index in [1.807, 2.05) is 12.1 Å². The monoisotopic (exact) mass is 333 g/mol. The predicted molar refractivity (Wildman–Crippen MR) is 95.2 cm³/mol. The van der Waals surface area contributed by atoms with Gasteiger partial charge in [-0.3, -0.25) is 0 Å². The molecule has 1 heterocycles. The van der Waals surface area contributed by atoms with Crippen molar-refractivity contribution in [1.82, 2.24) is 10.6 Å². The molecule has 0 spiro atoms. The standard InChI is InChI=1S/C19H25F2N3/c1-3-16(9-5-4-6-11-20)18-14(2)23-19(24-18)22-13-15-8-7-10-17(21)12-15/h4,6-10,12,14,18H,3,5,11,13H2,1-2H3,(H2,22,23,24)/b6-4-,16-9+/t14?,18-/m0/s1. The van der Waals surface area contributed by atoms with E-state index >= 15 is 0 Å². The SMILES string of the molecule is CC/C(=C\C/C=C\CF)[C@H]1NC(=NCc2cccc(F)c2)NC1C. The van der Waals surface area contributed by atoms with Crippen LogP contribution in [-0.2, 0) is 6.54 Å². The minimum absolute atomic E-state index is 0.167. The molecule has 1 aromatic rings. The lowest BCUT2D eigenvalue weighted by atomic mass is 9.98. The van der Waals surface area contributed by atoms with Crippen LogP contribution in [-0.4, -0.2) is 24.7 Å². The van der Waals surface area contributed by atoms with Gasteiger partial charge in [0.1, 0.15) is 12.5 Å². The fraction of sp³-hybridized carbons (Fsp3) is 0.421. The summed E-state index contributed by atoms with van der Waals surface area (Å²) in [4.78, 5) is 4.50. The molecular formula is C19H25F2N3. The van der Waals surface area contributed by atoms with Crippen molar-refractivity contribution in [3.05, 3.63) is 59.4 Å². The zero-order chi connectivity index (χ0) is 17.4. The average molecular weight is 333 g/mol. The van der Waals surface area contributed by atoms with E-state index < -0.39 is 6.67 Å². The topological polar surface area (TPSA) is 36.4 Å². The zero-order valence-electron chi connectivity index (χ0n) is 14.2. The first kappa shape index (κ1) is 18.2. The number of allylic oxidation sites excluding steroid dienone is 3. The number of hydrogen-bond acceptors (Lipinski definition) is 1. The lowest BCUT2D eigenvalue weighted by Gasteiger charge is -2.17. The Morgan fingerprint density at radius 1 is 1.29 bits per heavy atom. The Morgan fingerprint density at radius 2 is 2.12 bits per heavy atom. The highest BCUT2D eigenvalue weighted by molar-refractivity contribution is 5.83. The van der Waals surface area contributed by atoms with Crippen molar-refractivity contribution in [3.63, 3.8) is 0 Å². The Hall–Kier alpha value is -2.17. The van der Waals surface area contributed by atoms with Gasteiger partial charge in [0.05, 0.1) is 18.6 Å². The van der Waals surface area contributed by atoms with Gasteiger partial charge in [-0.05, 0) is 43.0 Å². The summed E-state index contributed by atoms with van der Waals surface area (Å²) in [5.74, 6) is 0.485. The van der Waals surface area contributed by atoms with E-state index in [-0.39, 0.29) is 17.9 Å². The molecule has 2 N–H and O–H groups in total. The maximum atomic E-state index is 13.2. The zero-order valence-corrected chi connectivity index (χ0v) is 14.2. The van der Waals surface area contributed by atoms with Crippen molar-refractivity contribution >= 4 is 5.96 Å². The van der Waals surface area contributed by atoms with Crippen LogP contribution in [0, 0.1) is 5.82 Å². The lowest BCUT2D eigenvalue weighted by molar-refractivity contribution is 0.561. The van der Waals surface area contributed by atoms with Crippen molar-refractivity contribution in [2.24, 2.45) is 4.99 Å². The third kappa shape index (κ3) is 5.18. The van der Waals surface area contributed by atoms with Crippen LogP contribution in [0.2, 0.25) is 0 Å². The lowest BCUT2D eigenvalue weighted by Crippen LogP contribution is -2.32. The van der Waals surface area contributed by atoms with E-state index in [4.69, 9.17) is 0 Å². The highest BCUT2D eigenvalue weighted by Gasteiger charge is 2.28. The summed E-state index contributed by atoms with van der Waals surface area (Å²) in [5, 5.41) is 6.73. The Kier molecular flexibility index (Phi) is 6.97. The molecule has 1 unspecified atom stereocenters. The molecule has 130 valence electrons. The van der Waals surface area contributed by atoms with E-state index in [0.717, 1.165) is 24.4 Å². The van der Waals surface area contributed by atoms with Crippen LogP contribution in [0.5, 0.6) is 0 Å². The number of aliphatic imine (C=N–C) groups is 1. The summed E-state index contributed by atoms with van der Waals surface area (Å²) < 4.78 is 25.3. The minimum Gasteiger partial charge on any atom is -0.352 e. The van der Waals surface area contributed by atoms with E-state index in [0.29, 0.717) is 6.54 Å². The van der Waals surface area contributed by atoms with Gasteiger partial charge in [0, 0.05) is 0 Å². The van der Waals surface area contributed by atoms with Gasteiger partial charge in [-0.25, -0.2) is 13.8 Å². The first-order valence-electron chi connectivity index (χ1n) is 8.36. The molecule has 1 aliphatic rings. The van der Waals surface area contributed by atoms with Gasteiger partial charge >= 0.3 is 0 Å². The maximum absolute atomic E-state index is 13.2. The van der Waals surface area contributed by atoms with Gasteiger partial charge in [-0.2, -0.15) is 0 Å². The summed E-state index contributed by atoms with van der Waals surface area (Å²) in [7, 11) is 0. The second-order valence-corrected chi connectivity index (χ2v) is 5.84. The van der Waals surface area contributed by atoms with Crippen molar-refractivity contribution in [2.75, 3.05) is 6.67 Å². The predicted octanol–water partition coefficient (Wildman–Crippen LogP) is 3.88. The normalized spacial score (nSPS) is 22.8. The largest absolute Gasteiger partial charge is 0.352 e. The molecule has 0 radical (unpaired) electrons.